The van der Waals surface area contributed by atoms with Crippen molar-refractivity contribution in [1.29, 1.82) is 0 Å². The van der Waals surface area contributed by atoms with E-state index in [0.29, 0.717) is 36.0 Å². The van der Waals surface area contributed by atoms with Crippen molar-refractivity contribution in [3.63, 3.8) is 0 Å². The molecule has 30 heavy (non-hydrogen) atoms. The number of aromatic nitrogens is 2. The molecule has 1 aliphatic carbocycles. The van der Waals surface area contributed by atoms with Gasteiger partial charge in [0, 0.05) is 38.0 Å². The van der Waals surface area contributed by atoms with E-state index >= 15 is 0 Å². The number of aliphatic imine (C=N–C) groups is 1. The molecule has 3 N–H and O–H groups in total. The van der Waals surface area contributed by atoms with Crippen LogP contribution in [0.4, 0.5) is 5.69 Å². The minimum absolute atomic E-state index is 0.227. The summed E-state index contributed by atoms with van der Waals surface area (Å²) in [5.41, 5.74) is 7.65. The molecule has 1 aromatic carbocycles. The molecule has 3 rings (SSSR count). The molecule has 8 heteroatoms. The lowest BCUT2D eigenvalue weighted by atomic mass is 10.1. The molecular weight excluding hydrogens is 380 g/mol. The fourth-order valence-corrected chi connectivity index (χ4v) is 3.02. The van der Waals surface area contributed by atoms with Gasteiger partial charge < -0.3 is 20.7 Å². The molecule has 1 aromatic heterocycles. The second-order valence-electron chi connectivity index (χ2n) is 7.31. The molecule has 0 spiro atoms. The van der Waals surface area contributed by atoms with Gasteiger partial charge in [-0.2, -0.15) is 5.10 Å². The van der Waals surface area contributed by atoms with Crippen LogP contribution in [0.1, 0.15) is 42.7 Å². The summed E-state index contributed by atoms with van der Waals surface area (Å²) in [6, 6.07) is 10.8. The smallest absolute Gasteiger partial charge is 0.272 e. The van der Waals surface area contributed by atoms with Gasteiger partial charge in [-0.1, -0.05) is 18.2 Å². The molecule has 1 unspecified atom stereocenters. The average Bonchev–Trinajstić information content (AvgIpc) is 3.51. The number of nitrogens with zero attached hydrogens (tertiary/aromatic N) is 4. The molecule has 0 saturated heterocycles. The summed E-state index contributed by atoms with van der Waals surface area (Å²) >= 11 is 0. The van der Waals surface area contributed by atoms with Gasteiger partial charge in [-0.25, -0.2) is 4.99 Å². The van der Waals surface area contributed by atoms with Crippen LogP contribution in [0.25, 0.3) is 0 Å². The number of nitrogens with one attached hydrogen (secondary N) is 1. The first-order valence-corrected chi connectivity index (χ1v) is 10.1. The first-order chi connectivity index (χ1) is 14.5. The predicted molar refractivity (Wildman–Crippen MR) is 117 cm³/mol. The Morgan fingerprint density at radius 2 is 2.10 bits per heavy atom. The van der Waals surface area contributed by atoms with Crippen LogP contribution in [-0.2, 0) is 4.79 Å². The van der Waals surface area contributed by atoms with E-state index in [9.17, 15) is 9.59 Å². The molecule has 0 aliphatic heterocycles. The molecule has 0 bridgehead atoms. The summed E-state index contributed by atoms with van der Waals surface area (Å²) in [4.78, 5) is 30.9. The van der Waals surface area contributed by atoms with Gasteiger partial charge >= 0.3 is 0 Å². The highest BCUT2D eigenvalue weighted by Crippen LogP contribution is 2.33. The summed E-state index contributed by atoms with van der Waals surface area (Å²) in [6.45, 7) is 2.71. The molecule has 1 amide bonds. The van der Waals surface area contributed by atoms with Crippen LogP contribution in [-0.4, -0.2) is 52.3 Å². The zero-order valence-corrected chi connectivity index (χ0v) is 17.4. The summed E-state index contributed by atoms with van der Waals surface area (Å²) in [7, 11) is 1.91. The number of hydrogen-bond acceptors (Lipinski definition) is 5. The Bertz CT molecular complexity index is 930. The van der Waals surface area contributed by atoms with Crippen molar-refractivity contribution in [3.8, 4) is 0 Å². The number of carbonyl (C=O) groups excluding carboxylic acids is 2. The summed E-state index contributed by atoms with van der Waals surface area (Å²) in [5, 5.41) is 7.05. The van der Waals surface area contributed by atoms with Gasteiger partial charge in [-0.05, 0) is 38.0 Å². The summed E-state index contributed by atoms with van der Waals surface area (Å²) in [6.07, 6.45) is 6.35. The lowest BCUT2D eigenvalue weighted by Gasteiger charge is -2.23. The monoisotopic (exact) mass is 408 g/mol. The van der Waals surface area contributed by atoms with E-state index in [1.165, 1.54) is 6.20 Å². The first kappa shape index (κ1) is 21.3. The highest BCUT2D eigenvalue weighted by atomic mass is 16.2. The number of amides is 1. The molecule has 158 valence electrons. The van der Waals surface area contributed by atoms with Gasteiger partial charge in [-0.15, -0.1) is 0 Å². The molecule has 1 fully saturated rings. The quantitative estimate of drug-likeness (QED) is 0.377. The van der Waals surface area contributed by atoms with Gasteiger partial charge in [0.15, 0.2) is 0 Å². The average molecular weight is 409 g/mol. The number of rotatable bonds is 9. The van der Waals surface area contributed by atoms with E-state index in [1.807, 2.05) is 49.2 Å². The summed E-state index contributed by atoms with van der Waals surface area (Å²) < 4.78 is 1.80. The lowest BCUT2D eigenvalue weighted by molar-refractivity contribution is -0.109. The third-order valence-electron chi connectivity index (χ3n) is 5.00. The highest BCUT2D eigenvalue weighted by Gasteiger charge is 2.26. The van der Waals surface area contributed by atoms with Crippen LogP contribution in [0.15, 0.2) is 59.4 Å². The number of likely N-dealkylation sites (N-methyl/N-ethyl adjacent to an activating group) is 1. The van der Waals surface area contributed by atoms with Crippen LogP contribution in [0.5, 0.6) is 0 Å². The first-order valence-electron chi connectivity index (χ1n) is 10.1. The van der Waals surface area contributed by atoms with Gasteiger partial charge in [0.2, 0.25) is 0 Å². The zero-order valence-electron chi connectivity index (χ0n) is 17.4. The maximum atomic E-state index is 12.6. The third-order valence-corrected chi connectivity index (χ3v) is 5.00. The molecule has 1 heterocycles. The number of nitrogens with two attached hydrogens (primary N) is 1. The fourth-order valence-electron chi connectivity index (χ4n) is 3.02. The second-order valence-corrected chi connectivity index (χ2v) is 7.31. The van der Waals surface area contributed by atoms with E-state index in [0.717, 1.165) is 18.5 Å². The highest BCUT2D eigenvalue weighted by molar-refractivity contribution is 6.00. The second kappa shape index (κ2) is 9.87. The molecule has 1 saturated carbocycles. The Balaban J connectivity index is 1.74. The van der Waals surface area contributed by atoms with Crippen molar-refractivity contribution >= 4 is 23.7 Å². The number of hydrogen-bond donors (Lipinski definition) is 2. The lowest BCUT2D eigenvalue weighted by Crippen LogP contribution is -2.39. The van der Waals surface area contributed by atoms with Crippen LogP contribution in [0.2, 0.25) is 0 Å². The zero-order chi connectivity index (χ0) is 21.5. The Hall–Kier alpha value is -3.42. The van der Waals surface area contributed by atoms with E-state index < -0.39 is 6.04 Å². The van der Waals surface area contributed by atoms with E-state index in [2.05, 4.69) is 10.4 Å². The largest absolute Gasteiger partial charge is 0.404 e. The number of amidine groups is 1. The standard InChI is InChI=1S/C22H28N6O2/c1-3-27(2)21(24-17-7-5-4-6-8-17)16(14-23)13-18(15-29)25-22(30)20-11-12-28(26-20)19-9-10-19/h4-8,11-12,14-15,18-19H,3,9-10,13,23H2,1-2H3,(H,25,30)/b16-14-,24-21?. The van der Waals surface area contributed by atoms with E-state index in [-0.39, 0.29) is 12.3 Å². The third kappa shape index (κ3) is 5.34. The maximum absolute atomic E-state index is 12.6. The maximum Gasteiger partial charge on any atom is 0.272 e. The van der Waals surface area contributed by atoms with Gasteiger partial charge in [0.1, 0.15) is 17.8 Å². The van der Waals surface area contributed by atoms with Crippen molar-refractivity contribution in [1.82, 2.24) is 20.0 Å². The Morgan fingerprint density at radius 1 is 1.37 bits per heavy atom. The fraction of sp³-hybridized carbons (Fsp3) is 0.364. The SMILES string of the molecule is CCN(C)C(=Nc1ccccc1)/C(=C\N)CC(C=O)NC(=O)c1ccn(C2CC2)n1. The van der Waals surface area contributed by atoms with Gasteiger partial charge in [0.25, 0.3) is 5.91 Å². The van der Waals surface area contributed by atoms with Crippen molar-refractivity contribution in [2.24, 2.45) is 10.7 Å². The summed E-state index contributed by atoms with van der Waals surface area (Å²) in [5.74, 6) is 0.276. The molecule has 1 aliphatic rings. The van der Waals surface area contributed by atoms with E-state index in [4.69, 9.17) is 10.7 Å². The Labute approximate surface area is 176 Å². The topological polar surface area (TPSA) is 106 Å². The van der Waals surface area contributed by atoms with Crippen molar-refractivity contribution in [2.45, 2.75) is 38.3 Å². The molecule has 2 aromatic rings. The van der Waals surface area contributed by atoms with Crippen LogP contribution >= 0.6 is 0 Å². The predicted octanol–water partition coefficient (Wildman–Crippen LogP) is 2.43. The minimum atomic E-state index is -0.746. The number of aldehydes is 1. The normalized spacial score (nSPS) is 15.5. The number of para-hydroxylation sites is 1. The van der Waals surface area contributed by atoms with E-state index in [1.54, 1.807) is 16.9 Å². The van der Waals surface area contributed by atoms with Crippen LogP contribution in [0, 0.1) is 0 Å². The van der Waals surface area contributed by atoms with Crippen molar-refractivity contribution in [2.75, 3.05) is 13.6 Å². The number of carbonyl (C=O) groups is 2. The molecular formula is C22H28N6O2. The Kier molecular flexibility index (Phi) is 7.00. The van der Waals surface area contributed by atoms with Gasteiger partial charge in [-0.3, -0.25) is 9.48 Å². The Morgan fingerprint density at radius 3 is 2.70 bits per heavy atom. The van der Waals surface area contributed by atoms with Crippen molar-refractivity contribution in [3.05, 3.63) is 60.1 Å². The molecule has 0 radical (unpaired) electrons. The van der Waals surface area contributed by atoms with Crippen molar-refractivity contribution < 1.29 is 9.59 Å². The van der Waals surface area contributed by atoms with Crippen LogP contribution < -0.4 is 11.1 Å². The number of benzene rings is 1. The molecule has 8 nitrogen and oxygen atoms in total. The van der Waals surface area contributed by atoms with Gasteiger partial charge in [0.05, 0.1) is 17.8 Å². The molecule has 1 atom stereocenters. The van der Waals surface area contributed by atoms with Crippen LogP contribution in [0.3, 0.4) is 0 Å². The minimum Gasteiger partial charge on any atom is -0.404 e.